The summed E-state index contributed by atoms with van der Waals surface area (Å²) < 4.78 is 0. The van der Waals surface area contributed by atoms with E-state index < -0.39 is 24.4 Å². The van der Waals surface area contributed by atoms with Crippen LogP contribution in [0.2, 0.25) is 0 Å². The summed E-state index contributed by atoms with van der Waals surface area (Å²) in [5, 5.41) is 38.1. The van der Waals surface area contributed by atoms with Crippen LogP contribution in [-0.4, -0.2) is 24.4 Å². The van der Waals surface area contributed by atoms with Gasteiger partial charge in [0.25, 0.3) is 0 Å². The topological polar surface area (TPSA) is 92.2 Å². The molecule has 0 radical (unpaired) electrons. The van der Waals surface area contributed by atoms with Crippen molar-refractivity contribution in [3.63, 3.8) is 0 Å². The van der Waals surface area contributed by atoms with Crippen LogP contribution in [0.4, 0.5) is 0 Å². The second-order valence-corrected chi connectivity index (χ2v) is 4.20. The molecule has 0 aromatic rings. The number of hydrogen-bond acceptors (Lipinski definition) is 4. The minimum atomic E-state index is -0.417. The van der Waals surface area contributed by atoms with Crippen LogP contribution >= 0.6 is 0 Å². The van der Waals surface area contributed by atoms with Crippen molar-refractivity contribution in [1.29, 1.82) is 0 Å². The predicted octanol–water partition coefficient (Wildman–Crippen LogP) is -0.982. The van der Waals surface area contributed by atoms with Gasteiger partial charge in [0.2, 0.25) is 0 Å². The van der Waals surface area contributed by atoms with Gasteiger partial charge in [-0.2, -0.15) is 0 Å². The van der Waals surface area contributed by atoms with Gasteiger partial charge in [-0.1, -0.05) is 55.4 Å². The molecule has 0 atom stereocenters. The van der Waals surface area contributed by atoms with E-state index in [9.17, 15) is 20.4 Å². The summed E-state index contributed by atoms with van der Waals surface area (Å²) in [6.45, 7) is 12.9. The van der Waals surface area contributed by atoms with Gasteiger partial charge < -0.3 is 20.4 Å². The van der Waals surface area contributed by atoms with E-state index in [1.165, 1.54) is 0 Å². The molecule has 0 spiro atoms. The van der Waals surface area contributed by atoms with Crippen LogP contribution in [0.25, 0.3) is 0 Å². The Hall–Kier alpha value is 0.463. The summed E-state index contributed by atoms with van der Waals surface area (Å²) in [6, 6.07) is 0. The van der Waals surface area contributed by atoms with Gasteiger partial charge in [-0.25, -0.2) is 0 Å². The molecule has 0 unspecified atom stereocenters. The van der Waals surface area contributed by atoms with Crippen molar-refractivity contribution in [1.82, 2.24) is 0 Å². The van der Waals surface area contributed by atoms with Crippen molar-refractivity contribution in [3.05, 3.63) is 0 Å². The molecule has 0 aliphatic heterocycles. The SMILES string of the molecule is CC(C)[O-].CC(C)[O-].CC(C)[O-].CC(C)[O-].[Ru+4]. The van der Waals surface area contributed by atoms with Gasteiger partial charge in [-0.15, -0.1) is 24.4 Å². The van der Waals surface area contributed by atoms with Crippen LogP contribution in [0.15, 0.2) is 0 Å². The van der Waals surface area contributed by atoms with Crippen LogP contribution < -0.4 is 20.4 Å². The van der Waals surface area contributed by atoms with Crippen molar-refractivity contribution >= 4 is 0 Å². The molecule has 0 aromatic heterocycles. The van der Waals surface area contributed by atoms with E-state index in [1.807, 2.05) is 0 Å². The summed E-state index contributed by atoms with van der Waals surface area (Å²) in [5.74, 6) is 0. The molecule has 108 valence electrons. The maximum absolute atomic E-state index is 9.53. The van der Waals surface area contributed by atoms with E-state index in [4.69, 9.17) is 0 Å². The largest absolute Gasteiger partial charge is 4.00 e. The summed E-state index contributed by atoms with van der Waals surface area (Å²) in [6.07, 6.45) is -1.67. The summed E-state index contributed by atoms with van der Waals surface area (Å²) in [7, 11) is 0. The molecule has 0 rings (SSSR count). The normalized spacial score (nSPS) is 8.47. The van der Waals surface area contributed by atoms with Crippen molar-refractivity contribution in [2.75, 3.05) is 0 Å². The molecule has 0 fully saturated rings. The van der Waals surface area contributed by atoms with Gasteiger partial charge in [-0.05, 0) is 0 Å². The Balaban J connectivity index is -0.0000000369. The number of rotatable bonds is 0. The standard InChI is InChI=1S/4C3H7O.Ru/c4*1-3(2)4;/h4*3H,1-2H3;/q4*-1;+4. The predicted molar refractivity (Wildman–Crippen MR) is 60.5 cm³/mol. The van der Waals surface area contributed by atoms with Crippen LogP contribution in [0, 0.1) is 0 Å². The minimum absolute atomic E-state index is 0. The molecule has 4 nitrogen and oxygen atoms in total. The fraction of sp³-hybridized carbons (Fsp3) is 1.00. The Morgan fingerprint density at radius 1 is 0.412 bits per heavy atom. The van der Waals surface area contributed by atoms with E-state index in [1.54, 1.807) is 55.4 Å². The van der Waals surface area contributed by atoms with E-state index in [2.05, 4.69) is 0 Å². The van der Waals surface area contributed by atoms with Crippen molar-refractivity contribution in [3.8, 4) is 0 Å². The van der Waals surface area contributed by atoms with Crippen molar-refractivity contribution in [2.45, 2.75) is 79.8 Å². The first-order valence-electron chi connectivity index (χ1n) is 5.56. The molecule has 0 aliphatic rings. The Morgan fingerprint density at radius 3 is 0.412 bits per heavy atom. The van der Waals surface area contributed by atoms with Crippen molar-refractivity contribution in [2.24, 2.45) is 0 Å². The molecule has 0 heterocycles. The Morgan fingerprint density at radius 2 is 0.412 bits per heavy atom. The summed E-state index contributed by atoms with van der Waals surface area (Å²) in [4.78, 5) is 0. The fourth-order valence-electron chi connectivity index (χ4n) is 0. The molecular weight excluding hydrogens is 309 g/mol. The average molecular weight is 337 g/mol. The molecule has 0 N–H and O–H groups in total. The second-order valence-electron chi connectivity index (χ2n) is 4.20. The fourth-order valence-corrected chi connectivity index (χ4v) is 0. The molecule has 0 amide bonds. The average Bonchev–Trinajstić information content (AvgIpc) is 1.76. The van der Waals surface area contributed by atoms with Crippen molar-refractivity contribution < 1.29 is 39.9 Å². The zero-order valence-corrected chi connectivity index (χ0v) is 14.0. The molecule has 0 aliphatic carbocycles. The summed E-state index contributed by atoms with van der Waals surface area (Å²) >= 11 is 0. The van der Waals surface area contributed by atoms with Gasteiger partial charge in [0.1, 0.15) is 0 Å². The third kappa shape index (κ3) is 16000. The smallest absolute Gasteiger partial charge is 0.852 e. The minimum Gasteiger partial charge on any atom is -0.852 e. The Kier molecular flexibility index (Phi) is 45.4. The van der Waals surface area contributed by atoms with Crippen LogP contribution in [0.1, 0.15) is 55.4 Å². The molecular formula is C12H28O4Ru. The molecule has 0 aromatic carbocycles. The third-order valence-corrected chi connectivity index (χ3v) is 0. The van der Waals surface area contributed by atoms with Gasteiger partial charge in [-0.3, -0.25) is 0 Å². The van der Waals surface area contributed by atoms with E-state index in [-0.39, 0.29) is 19.5 Å². The van der Waals surface area contributed by atoms with Crippen LogP contribution in [0.3, 0.4) is 0 Å². The van der Waals surface area contributed by atoms with E-state index in [0.29, 0.717) is 0 Å². The zero-order chi connectivity index (χ0) is 14.3. The Labute approximate surface area is 120 Å². The summed E-state index contributed by atoms with van der Waals surface area (Å²) in [5.41, 5.74) is 0. The maximum Gasteiger partial charge on any atom is 4.00 e. The van der Waals surface area contributed by atoms with E-state index >= 15 is 0 Å². The van der Waals surface area contributed by atoms with Crippen LogP contribution in [0.5, 0.6) is 0 Å². The quantitative estimate of drug-likeness (QED) is 0.531. The van der Waals surface area contributed by atoms with Gasteiger partial charge in [0.15, 0.2) is 0 Å². The monoisotopic (exact) mass is 338 g/mol. The van der Waals surface area contributed by atoms with Gasteiger partial charge in [0.05, 0.1) is 0 Å². The van der Waals surface area contributed by atoms with Gasteiger partial charge in [0, 0.05) is 0 Å². The zero-order valence-electron chi connectivity index (χ0n) is 12.3. The molecule has 5 heteroatoms. The molecule has 0 saturated carbocycles. The molecule has 0 saturated heterocycles. The maximum atomic E-state index is 9.53. The van der Waals surface area contributed by atoms with E-state index in [0.717, 1.165) is 0 Å². The first-order chi connectivity index (χ1) is 6.93. The third-order valence-electron chi connectivity index (χ3n) is 0. The molecule has 17 heavy (non-hydrogen) atoms. The second kappa shape index (κ2) is 25.3. The Bertz CT molecular complexity index is 61.5. The first kappa shape index (κ1) is 30.5. The molecule has 0 bridgehead atoms. The number of hydrogen-bond donors (Lipinski definition) is 0. The van der Waals surface area contributed by atoms with Gasteiger partial charge >= 0.3 is 19.5 Å². The first-order valence-corrected chi connectivity index (χ1v) is 5.56. The van der Waals surface area contributed by atoms with Crippen LogP contribution in [-0.2, 0) is 19.5 Å².